The first-order valence-corrected chi connectivity index (χ1v) is 27.4. The van der Waals surface area contributed by atoms with E-state index in [2.05, 4.69) is 291 Å². The normalized spacial score (nSPS) is 12.8. The maximum absolute atomic E-state index is 12.8. The van der Waals surface area contributed by atoms with Crippen LogP contribution in [0.1, 0.15) is 27.8 Å². The number of rotatable bonds is 6. The first-order chi connectivity index (χ1) is 40.2. The zero-order valence-electron chi connectivity index (χ0n) is 43.6. The van der Waals surface area contributed by atoms with Crippen molar-refractivity contribution in [3.05, 3.63) is 306 Å². The summed E-state index contributed by atoms with van der Waals surface area (Å²) < 4.78 is 9.25. The topological polar surface area (TPSA) is 47.9 Å². The van der Waals surface area contributed by atoms with Gasteiger partial charge in [-0.25, -0.2) is 4.85 Å². The van der Waals surface area contributed by atoms with Crippen molar-refractivity contribution >= 4 is 92.9 Å². The molecule has 6 nitrogen and oxygen atoms in total. The fraction of sp³-hybridized carbons (Fsp3) is 0.0133. The Labute approximate surface area is 465 Å². The average molecular weight is 1030 g/mol. The molecule has 4 heterocycles. The molecule has 81 heavy (non-hydrogen) atoms. The molecule has 12 aromatic carbocycles. The van der Waals surface area contributed by atoms with Gasteiger partial charge in [0.05, 0.1) is 84.4 Å². The van der Waals surface area contributed by atoms with E-state index in [1.54, 1.807) is 0 Å². The number of aromatic nitrogens is 4. The van der Waals surface area contributed by atoms with Gasteiger partial charge in [0.25, 0.3) is 0 Å². The molecule has 0 aliphatic heterocycles. The SMILES string of the molecule is [C-]#[N+]c1c(-n2c3ccccc3c3ccccc32)c(C#N)c(-n2c3ccccc3c3cc4c(cc32)C(c2ccccc2)(c2ccccc2)c2ccccc2-4)c(-n2c3ccccc3c3ccccc32)c1-n1c2ccccc2c2ccccc21. The lowest BCUT2D eigenvalue weighted by atomic mass is 9.67. The van der Waals surface area contributed by atoms with Crippen LogP contribution in [0.5, 0.6) is 0 Å². The molecular weight excluding hydrogens is 985 g/mol. The quantitative estimate of drug-likeness (QED) is 0.153. The summed E-state index contributed by atoms with van der Waals surface area (Å²) in [7, 11) is 0. The van der Waals surface area contributed by atoms with Gasteiger partial charge in [0.2, 0.25) is 5.69 Å². The van der Waals surface area contributed by atoms with Crippen LogP contribution in [0.15, 0.2) is 267 Å². The highest BCUT2D eigenvalue weighted by molar-refractivity contribution is 6.17. The van der Waals surface area contributed by atoms with Crippen LogP contribution in [0, 0.1) is 17.9 Å². The predicted molar refractivity (Wildman–Crippen MR) is 332 cm³/mol. The van der Waals surface area contributed by atoms with Gasteiger partial charge >= 0.3 is 0 Å². The van der Waals surface area contributed by atoms with Crippen molar-refractivity contribution in [2.45, 2.75) is 5.41 Å². The van der Waals surface area contributed by atoms with Crippen LogP contribution in [-0.4, -0.2) is 18.3 Å². The van der Waals surface area contributed by atoms with E-state index >= 15 is 0 Å². The summed E-state index contributed by atoms with van der Waals surface area (Å²) >= 11 is 0. The van der Waals surface area contributed by atoms with Gasteiger partial charge in [0.1, 0.15) is 6.07 Å². The molecule has 1 aliphatic carbocycles. The minimum absolute atomic E-state index is 0.356. The molecule has 0 amide bonds. The summed E-state index contributed by atoms with van der Waals surface area (Å²) in [4.78, 5) is 4.79. The van der Waals surface area contributed by atoms with Gasteiger partial charge in [-0.15, -0.1) is 0 Å². The van der Waals surface area contributed by atoms with Crippen LogP contribution >= 0.6 is 0 Å². The van der Waals surface area contributed by atoms with E-state index < -0.39 is 5.41 Å². The standard InChI is InChI=1S/C75H44N6/c1-77-70-71(78-62-37-17-9-29-50(62)51-30-10-18-38-63(51)78)59(46-76)72(74(80-66-41-21-13-33-54(66)55-34-14-22-42-67(55)80)73(70)79-64-39-19-11-31-52(64)53-32-12-20-40-65(53)79)81-68-43-23-15-35-56(68)58-44-57-49-28-8-16-36-60(49)75(61(57)45-69(58)81,47-24-4-2-5-25-47)48-26-6-3-7-27-48/h2-45H. The predicted octanol–water partition coefficient (Wildman–Crippen LogP) is 18.9. The maximum atomic E-state index is 12.8. The first-order valence-electron chi connectivity index (χ1n) is 27.4. The maximum Gasteiger partial charge on any atom is 0.237 e. The third kappa shape index (κ3) is 5.87. The lowest BCUT2D eigenvalue weighted by Gasteiger charge is -2.34. The number of hydrogen-bond donors (Lipinski definition) is 0. The summed E-state index contributed by atoms with van der Waals surface area (Å²) in [5.41, 5.74) is 17.1. The monoisotopic (exact) mass is 1030 g/mol. The van der Waals surface area contributed by atoms with E-state index in [4.69, 9.17) is 4.85 Å². The molecule has 0 saturated heterocycles. The molecule has 0 spiro atoms. The average Bonchev–Trinajstić information content (AvgIpc) is 4.49. The molecule has 0 unspecified atom stereocenters. The number of benzene rings is 12. The molecule has 374 valence electrons. The summed E-state index contributed by atoms with van der Waals surface area (Å²) in [6.45, 7) is 9.82. The molecular formula is C75H44N6. The number of nitrogens with zero attached hydrogens (tertiary/aromatic N) is 6. The van der Waals surface area contributed by atoms with Crippen LogP contribution < -0.4 is 0 Å². The zero-order valence-corrected chi connectivity index (χ0v) is 43.6. The van der Waals surface area contributed by atoms with Crippen LogP contribution in [0.4, 0.5) is 5.69 Å². The highest BCUT2D eigenvalue weighted by Gasteiger charge is 2.47. The first kappa shape index (κ1) is 44.9. The molecule has 0 N–H and O–H groups in total. The van der Waals surface area contributed by atoms with Crippen molar-refractivity contribution in [3.63, 3.8) is 0 Å². The van der Waals surface area contributed by atoms with E-state index in [0.29, 0.717) is 28.3 Å². The van der Waals surface area contributed by atoms with Crippen molar-refractivity contribution in [1.82, 2.24) is 18.3 Å². The van der Waals surface area contributed by atoms with Crippen molar-refractivity contribution in [1.29, 1.82) is 5.26 Å². The Morgan fingerprint density at radius 2 is 0.654 bits per heavy atom. The van der Waals surface area contributed by atoms with Crippen molar-refractivity contribution < 1.29 is 0 Å². The second kappa shape index (κ2) is 16.9. The third-order valence-corrected chi connectivity index (χ3v) is 17.5. The highest BCUT2D eigenvalue weighted by atomic mass is 15.1. The molecule has 16 aromatic rings. The third-order valence-electron chi connectivity index (χ3n) is 17.5. The van der Waals surface area contributed by atoms with Crippen molar-refractivity contribution in [2.75, 3.05) is 0 Å². The lowest BCUT2D eigenvalue weighted by molar-refractivity contribution is 0.769. The molecule has 0 bridgehead atoms. The van der Waals surface area contributed by atoms with E-state index in [1.807, 2.05) is 0 Å². The van der Waals surface area contributed by atoms with Crippen molar-refractivity contribution in [2.24, 2.45) is 0 Å². The van der Waals surface area contributed by atoms with E-state index in [1.165, 1.54) is 11.1 Å². The minimum Gasteiger partial charge on any atom is -0.318 e. The van der Waals surface area contributed by atoms with Gasteiger partial charge in [0.15, 0.2) is 0 Å². The van der Waals surface area contributed by atoms with Gasteiger partial charge in [-0.2, -0.15) is 5.26 Å². The summed E-state index contributed by atoms with van der Waals surface area (Å²) in [6, 6.07) is 98.3. The lowest BCUT2D eigenvalue weighted by Crippen LogP contribution is -2.28. The molecule has 0 radical (unpaired) electrons. The highest BCUT2D eigenvalue weighted by Crippen LogP contribution is 2.59. The Kier molecular flexibility index (Phi) is 9.37. The Morgan fingerprint density at radius 1 is 0.309 bits per heavy atom. The van der Waals surface area contributed by atoms with Crippen LogP contribution in [0.25, 0.3) is 126 Å². The largest absolute Gasteiger partial charge is 0.318 e. The Bertz CT molecular complexity index is 5240. The van der Waals surface area contributed by atoms with Gasteiger partial charge < -0.3 is 18.3 Å². The zero-order chi connectivity index (χ0) is 53.5. The fourth-order valence-electron chi connectivity index (χ4n) is 14.4. The summed E-state index contributed by atoms with van der Waals surface area (Å²) in [6.07, 6.45) is 0. The van der Waals surface area contributed by atoms with Crippen LogP contribution in [0.2, 0.25) is 0 Å². The smallest absolute Gasteiger partial charge is 0.237 e. The van der Waals surface area contributed by atoms with E-state index in [9.17, 15) is 11.8 Å². The van der Waals surface area contributed by atoms with Crippen LogP contribution in [-0.2, 0) is 5.41 Å². The molecule has 4 aromatic heterocycles. The molecule has 17 rings (SSSR count). The molecule has 0 atom stereocenters. The fourth-order valence-corrected chi connectivity index (χ4v) is 14.4. The summed E-state index contributed by atoms with van der Waals surface area (Å²) in [5, 5.41) is 21.2. The minimum atomic E-state index is -0.714. The number of nitriles is 1. The molecule has 1 aliphatic rings. The Balaban J connectivity index is 1.17. The van der Waals surface area contributed by atoms with Gasteiger partial charge in [-0.05, 0) is 88.0 Å². The van der Waals surface area contributed by atoms with Crippen LogP contribution in [0.3, 0.4) is 0 Å². The Morgan fingerprint density at radius 3 is 1.07 bits per heavy atom. The number of fused-ring (bicyclic) bond motifs is 15. The molecule has 0 saturated carbocycles. The van der Waals surface area contributed by atoms with Gasteiger partial charge in [-0.3, -0.25) is 0 Å². The van der Waals surface area contributed by atoms with E-state index in [0.717, 1.165) is 115 Å². The van der Waals surface area contributed by atoms with Gasteiger partial charge in [-0.1, -0.05) is 212 Å². The number of hydrogen-bond acceptors (Lipinski definition) is 1. The van der Waals surface area contributed by atoms with Crippen molar-refractivity contribution in [3.8, 4) is 39.9 Å². The Hall–Kier alpha value is -11.2. The second-order valence-electron chi connectivity index (χ2n) is 21.2. The van der Waals surface area contributed by atoms with Gasteiger partial charge in [0, 0.05) is 43.1 Å². The van der Waals surface area contributed by atoms with E-state index in [-0.39, 0.29) is 0 Å². The second-order valence-corrected chi connectivity index (χ2v) is 21.2. The molecule has 6 heteroatoms. The molecule has 0 fully saturated rings. The summed E-state index contributed by atoms with van der Waals surface area (Å²) in [5.74, 6) is 0. The number of para-hydroxylation sites is 7.